The third kappa shape index (κ3) is 16.1. The summed E-state index contributed by atoms with van der Waals surface area (Å²) in [7, 11) is 0. The standard InChI is InChI=1S/7C12H12/c1-9-3-5-11-6-4-10(2)8-12(11)7-9;1-9-5-3-8-12-10(2)6-4-7-11(9)12;1-9-6-7-12-10(2)4-3-5-11(12)8-9;1-9-6-7-11-5-3-4-10(2)12(11)8-9;1-9-7-11-5-3-4-6-12(11)8-10(9)2;1-9-7-10(2)12-6-4-3-5-11(12)8-9;1-9-7-8-11-5-3-4-6-12(11)10(9)2/h7*3-8H,1-2H3. The van der Waals surface area contributed by atoms with E-state index in [0.29, 0.717) is 0 Å². The first-order chi connectivity index (χ1) is 40.4. The molecule has 0 bridgehead atoms. The van der Waals surface area contributed by atoms with Gasteiger partial charge in [0.2, 0.25) is 0 Å². The van der Waals surface area contributed by atoms with Crippen LogP contribution in [0.5, 0.6) is 0 Å². The molecule has 0 aliphatic heterocycles. The summed E-state index contributed by atoms with van der Waals surface area (Å²) in [6.07, 6.45) is 0. The Morgan fingerprint density at radius 2 is 0.488 bits per heavy atom. The number of benzene rings is 14. The van der Waals surface area contributed by atoms with Crippen LogP contribution in [0, 0.1) is 96.9 Å². The molecule has 0 aliphatic rings. The number of rotatable bonds is 0. The van der Waals surface area contributed by atoms with E-state index in [-0.39, 0.29) is 0 Å². The van der Waals surface area contributed by atoms with Crippen molar-refractivity contribution in [2.24, 2.45) is 0 Å². The summed E-state index contributed by atoms with van der Waals surface area (Å²) < 4.78 is 0. The molecule has 0 saturated carbocycles. The van der Waals surface area contributed by atoms with Crippen LogP contribution in [0.3, 0.4) is 0 Å². The predicted octanol–water partition coefficient (Wildman–Crippen LogP) is 24.2. The summed E-state index contributed by atoms with van der Waals surface area (Å²) in [5.74, 6) is 0. The van der Waals surface area contributed by atoms with Crippen LogP contribution in [-0.2, 0) is 0 Å². The molecule has 0 heterocycles. The van der Waals surface area contributed by atoms with Crippen LogP contribution in [-0.4, -0.2) is 0 Å². The molecule has 0 nitrogen and oxygen atoms in total. The highest BCUT2D eigenvalue weighted by molar-refractivity contribution is 5.90. The summed E-state index contributed by atoms with van der Waals surface area (Å²) >= 11 is 0. The van der Waals surface area contributed by atoms with Gasteiger partial charge in [0.1, 0.15) is 0 Å². The lowest BCUT2D eigenvalue weighted by atomic mass is 10.0. The number of hydrogen-bond donors (Lipinski definition) is 0. The van der Waals surface area contributed by atoms with Crippen LogP contribution in [0.25, 0.3) is 75.4 Å². The van der Waals surface area contributed by atoms with Crippen LogP contribution < -0.4 is 0 Å². The van der Waals surface area contributed by atoms with E-state index in [1.165, 1.54) is 153 Å². The van der Waals surface area contributed by atoms with E-state index < -0.39 is 0 Å². The lowest BCUT2D eigenvalue weighted by Crippen LogP contribution is -1.82. The van der Waals surface area contributed by atoms with Gasteiger partial charge in [0, 0.05) is 0 Å². The molecule has 0 saturated heterocycles. The molecule has 0 fully saturated rings. The van der Waals surface area contributed by atoms with Crippen molar-refractivity contribution in [2.45, 2.75) is 96.9 Å². The van der Waals surface area contributed by atoms with E-state index in [9.17, 15) is 0 Å². The van der Waals surface area contributed by atoms with Crippen LogP contribution in [0.2, 0.25) is 0 Å². The fourth-order valence-corrected chi connectivity index (χ4v) is 10.9. The Balaban J connectivity index is 0.000000128. The molecule has 0 unspecified atom stereocenters. The summed E-state index contributed by atoms with van der Waals surface area (Å²) in [6.45, 7) is 30.1. The van der Waals surface area contributed by atoms with Crippen molar-refractivity contribution >= 4 is 75.4 Å². The van der Waals surface area contributed by atoms with E-state index in [1.807, 2.05) is 0 Å². The lowest BCUT2D eigenvalue weighted by molar-refractivity contribution is 1.37. The Hall–Kier alpha value is -9.10. The van der Waals surface area contributed by atoms with E-state index in [4.69, 9.17) is 0 Å². The van der Waals surface area contributed by atoms with Crippen molar-refractivity contribution in [2.75, 3.05) is 0 Å². The van der Waals surface area contributed by atoms with Gasteiger partial charge in [0.25, 0.3) is 0 Å². The van der Waals surface area contributed by atoms with Gasteiger partial charge in [0.05, 0.1) is 0 Å². The summed E-state index contributed by atoms with van der Waals surface area (Å²) in [6, 6.07) is 90.7. The van der Waals surface area contributed by atoms with Crippen LogP contribution in [0.15, 0.2) is 255 Å². The van der Waals surface area contributed by atoms with Crippen molar-refractivity contribution in [3.8, 4) is 0 Å². The molecule has 0 aliphatic carbocycles. The minimum atomic E-state index is 1.33. The normalized spacial score (nSPS) is 10.5. The minimum absolute atomic E-state index is 1.33. The maximum Gasteiger partial charge on any atom is -0.0152 e. The van der Waals surface area contributed by atoms with Crippen molar-refractivity contribution < 1.29 is 0 Å². The van der Waals surface area contributed by atoms with E-state index >= 15 is 0 Å². The van der Waals surface area contributed by atoms with Gasteiger partial charge >= 0.3 is 0 Å². The van der Waals surface area contributed by atoms with Gasteiger partial charge < -0.3 is 0 Å². The van der Waals surface area contributed by atoms with Crippen molar-refractivity contribution in [1.82, 2.24) is 0 Å². The van der Waals surface area contributed by atoms with Gasteiger partial charge in [0.15, 0.2) is 0 Å². The smallest absolute Gasteiger partial charge is 0.0152 e. The molecule has 14 aromatic carbocycles. The number of fused-ring (bicyclic) bond motifs is 7. The summed E-state index contributed by atoms with van der Waals surface area (Å²) in [4.78, 5) is 0. The van der Waals surface area contributed by atoms with Crippen LogP contribution in [0.1, 0.15) is 77.9 Å². The first kappa shape index (κ1) is 61.0. The van der Waals surface area contributed by atoms with Crippen LogP contribution >= 0.6 is 0 Å². The average Bonchev–Trinajstić information content (AvgIpc) is 3.60. The monoisotopic (exact) mass is 1090 g/mol. The molecule has 84 heavy (non-hydrogen) atoms. The SMILES string of the molecule is Cc1cc(C)c2ccccc2c1.Cc1cc2ccccc2cc1C.Cc1ccc2c(C)cccc2c1.Cc1ccc2ccc(C)cc2c1.Cc1ccc2cccc(C)c2c1.Cc1ccc2ccccc2c1C.Cc1cccc2c(C)cccc12. The van der Waals surface area contributed by atoms with Gasteiger partial charge in [-0.2, -0.15) is 0 Å². The van der Waals surface area contributed by atoms with E-state index in [2.05, 4.69) is 352 Å². The van der Waals surface area contributed by atoms with E-state index in [1.54, 1.807) is 0 Å². The largest absolute Gasteiger partial charge is 0.0616 e. The molecule has 0 spiro atoms. The highest BCUT2D eigenvalue weighted by Gasteiger charge is 2.02. The Morgan fingerprint density at radius 3 is 1.05 bits per heavy atom. The van der Waals surface area contributed by atoms with Crippen molar-refractivity contribution in [3.63, 3.8) is 0 Å². The average molecular weight is 1090 g/mol. The summed E-state index contributed by atoms with van der Waals surface area (Å²) in [5.41, 5.74) is 18.9. The highest BCUT2D eigenvalue weighted by atomic mass is 14.1. The van der Waals surface area contributed by atoms with Gasteiger partial charge in [-0.1, -0.05) is 283 Å². The second-order valence-electron chi connectivity index (χ2n) is 23.0. The maximum atomic E-state index is 2.24. The van der Waals surface area contributed by atoms with Gasteiger partial charge in [-0.25, -0.2) is 0 Å². The first-order valence-electron chi connectivity index (χ1n) is 29.6. The molecule has 0 atom stereocenters. The fraction of sp³-hybridized carbons (Fsp3) is 0.167. The predicted molar refractivity (Wildman–Crippen MR) is 374 cm³/mol. The Labute approximate surface area is 502 Å². The third-order valence-electron chi connectivity index (χ3n) is 16.1. The Kier molecular flexibility index (Phi) is 20.9. The van der Waals surface area contributed by atoms with E-state index in [0.717, 1.165) is 0 Å². The maximum absolute atomic E-state index is 2.24. The highest BCUT2D eigenvalue weighted by Crippen LogP contribution is 2.25. The zero-order chi connectivity index (χ0) is 59.9. The Bertz CT molecular complexity index is 4340. The number of hydrogen-bond acceptors (Lipinski definition) is 0. The molecule has 0 radical (unpaired) electrons. The van der Waals surface area contributed by atoms with Crippen molar-refractivity contribution in [1.29, 1.82) is 0 Å². The summed E-state index contributed by atoms with van der Waals surface area (Å²) in [5, 5.41) is 18.9. The van der Waals surface area contributed by atoms with Crippen LogP contribution in [0.4, 0.5) is 0 Å². The molecule has 0 amide bonds. The molecule has 14 aromatic rings. The quantitative estimate of drug-likeness (QED) is 0.142. The second kappa shape index (κ2) is 28.7. The zero-order valence-corrected chi connectivity index (χ0v) is 52.2. The second-order valence-corrected chi connectivity index (χ2v) is 23.0. The molecular weight excluding hydrogens is 1010 g/mol. The Morgan fingerprint density at radius 1 is 0.143 bits per heavy atom. The van der Waals surface area contributed by atoms with Crippen molar-refractivity contribution in [3.05, 3.63) is 333 Å². The molecule has 0 heteroatoms. The molecule has 0 N–H and O–H groups in total. The minimum Gasteiger partial charge on any atom is -0.0616 e. The number of aryl methyl sites for hydroxylation is 14. The fourth-order valence-electron chi connectivity index (χ4n) is 10.9. The molecule has 420 valence electrons. The molecule has 0 aromatic heterocycles. The van der Waals surface area contributed by atoms with Gasteiger partial charge in [-0.05, 0) is 222 Å². The van der Waals surface area contributed by atoms with Gasteiger partial charge in [-0.15, -0.1) is 0 Å². The third-order valence-corrected chi connectivity index (χ3v) is 16.1. The van der Waals surface area contributed by atoms with Gasteiger partial charge in [-0.3, -0.25) is 0 Å². The zero-order valence-electron chi connectivity index (χ0n) is 52.2. The lowest BCUT2D eigenvalue weighted by Gasteiger charge is -2.04. The molecule has 14 rings (SSSR count). The first-order valence-corrected chi connectivity index (χ1v) is 29.6. The molecular formula is C84H84. The topological polar surface area (TPSA) is 0 Å².